The van der Waals surface area contributed by atoms with E-state index in [1.165, 1.54) is 17.7 Å². The number of ether oxygens (including phenoxy) is 2. The Hall–Kier alpha value is -4.21. The van der Waals surface area contributed by atoms with Gasteiger partial charge in [0.05, 0.1) is 17.0 Å². The molecule has 3 aliphatic rings. The Morgan fingerprint density at radius 2 is 1.67 bits per heavy atom. The highest BCUT2D eigenvalue weighted by Crippen LogP contribution is 2.39. The van der Waals surface area contributed by atoms with E-state index in [0.717, 1.165) is 44.0 Å². The normalized spacial score (nSPS) is 19.5. The van der Waals surface area contributed by atoms with Crippen LogP contribution in [0, 0.1) is 0 Å². The highest BCUT2D eigenvalue weighted by Gasteiger charge is 2.36. The molecule has 2 N–H and O–H groups in total. The largest absolute Gasteiger partial charge is 0.486 e. The van der Waals surface area contributed by atoms with Crippen molar-refractivity contribution in [1.29, 1.82) is 0 Å². The Labute approximate surface area is 226 Å². The molecule has 1 atom stereocenters. The van der Waals surface area contributed by atoms with Gasteiger partial charge in [0.2, 0.25) is 5.91 Å². The van der Waals surface area contributed by atoms with E-state index in [1.807, 2.05) is 30.3 Å². The van der Waals surface area contributed by atoms with E-state index < -0.39 is 11.9 Å². The Morgan fingerprint density at radius 3 is 2.41 bits per heavy atom. The molecule has 200 valence electrons. The van der Waals surface area contributed by atoms with Crippen LogP contribution in [0.3, 0.4) is 0 Å². The third kappa shape index (κ3) is 5.23. The smallest absolute Gasteiger partial charge is 0.335 e. The van der Waals surface area contributed by atoms with Crippen molar-refractivity contribution in [2.75, 3.05) is 51.8 Å². The monoisotopic (exact) mass is 526 g/mol. The van der Waals surface area contributed by atoms with Crippen LogP contribution in [0.5, 0.6) is 11.5 Å². The summed E-state index contributed by atoms with van der Waals surface area (Å²) in [4.78, 5) is 34.6. The van der Waals surface area contributed by atoms with E-state index in [1.54, 1.807) is 6.07 Å². The van der Waals surface area contributed by atoms with Crippen molar-refractivity contribution < 1.29 is 24.2 Å². The number of anilines is 1. The molecule has 3 aromatic carbocycles. The van der Waals surface area contributed by atoms with E-state index in [4.69, 9.17) is 14.5 Å². The lowest BCUT2D eigenvalue weighted by Crippen LogP contribution is -2.43. The van der Waals surface area contributed by atoms with Crippen LogP contribution < -0.4 is 14.8 Å². The molecule has 0 aromatic heterocycles. The molecule has 39 heavy (non-hydrogen) atoms. The maximum atomic E-state index is 13.3. The van der Waals surface area contributed by atoms with Gasteiger partial charge in [-0.05, 0) is 60.6 Å². The zero-order valence-corrected chi connectivity index (χ0v) is 21.7. The van der Waals surface area contributed by atoms with Gasteiger partial charge in [-0.1, -0.05) is 18.2 Å². The molecule has 0 radical (unpaired) electrons. The van der Waals surface area contributed by atoms with Crippen molar-refractivity contribution in [3.8, 4) is 11.5 Å². The fraction of sp³-hybridized carbons (Fsp3) is 0.300. The first kappa shape index (κ1) is 25.1. The number of piperazine rings is 1. The van der Waals surface area contributed by atoms with Gasteiger partial charge in [-0.2, -0.15) is 0 Å². The standard InChI is InChI=1S/C30H30N4O5/c1-33-10-12-34(13-11-33)18-19-2-6-22(7-3-19)31-28(20-5-9-25-26(17-20)39-15-14-38-25)27-23-8-4-21(30(36)37)16-24(23)32-29(27)35/h2-9,16-17,27H,10-15,18H2,1H3,(H,32,35)(H,36,37). The molecule has 0 aliphatic carbocycles. The number of nitrogens with one attached hydrogen (secondary N) is 1. The molecule has 9 nitrogen and oxygen atoms in total. The van der Waals surface area contributed by atoms with E-state index in [0.29, 0.717) is 41.7 Å². The topological polar surface area (TPSA) is 104 Å². The number of likely N-dealkylation sites (N-methyl/N-ethyl adjacent to an activating group) is 1. The van der Waals surface area contributed by atoms with Crippen molar-refractivity contribution in [3.05, 3.63) is 82.9 Å². The zero-order chi connectivity index (χ0) is 26.9. The number of hydrogen-bond acceptors (Lipinski definition) is 7. The highest BCUT2D eigenvalue weighted by atomic mass is 16.6. The summed E-state index contributed by atoms with van der Waals surface area (Å²) in [6.07, 6.45) is 0. The number of aromatic carboxylic acids is 1. The maximum Gasteiger partial charge on any atom is 0.335 e. The number of benzene rings is 3. The summed E-state index contributed by atoms with van der Waals surface area (Å²) in [6, 6.07) is 18.4. The molecule has 0 spiro atoms. The molecule has 9 heteroatoms. The Bertz CT molecular complexity index is 1440. The summed E-state index contributed by atoms with van der Waals surface area (Å²) in [7, 11) is 2.15. The summed E-state index contributed by atoms with van der Waals surface area (Å²) in [5.74, 6) is -0.759. The minimum absolute atomic E-state index is 0.114. The van der Waals surface area contributed by atoms with Gasteiger partial charge >= 0.3 is 5.97 Å². The molecular formula is C30H30N4O5. The van der Waals surface area contributed by atoms with Crippen LogP contribution >= 0.6 is 0 Å². The number of carboxylic acids is 1. The quantitative estimate of drug-likeness (QED) is 0.472. The lowest BCUT2D eigenvalue weighted by atomic mass is 9.90. The van der Waals surface area contributed by atoms with Gasteiger partial charge in [0.15, 0.2) is 11.5 Å². The number of amides is 1. The number of carboxylic acid groups (broad SMARTS) is 1. The predicted octanol–water partition coefficient (Wildman–Crippen LogP) is 3.76. The third-order valence-corrected chi connectivity index (χ3v) is 7.43. The van der Waals surface area contributed by atoms with Crippen molar-refractivity contribution in [2.24, 2.45) is 4.99 Å². The zero-order valence-electron chi connectivity index (χ0n) is 21.7. The fourth-order valence-electron chi connectivity index (χ4n) is 5.24. The molecule has 3 aliphatic heterocycles. The van der Waals surface area contributed by atoms with E-state index in [2.05, 4.69) is 34.3 Å². The van der Waals surface area contributed by atoms with Crippen LogP contribution in [0.1, 0.15) is 33.0 Å². The molecule has 3 heterocycles. The van der Waals surface area contributed by atoms with Crippen LogP contribution in [0.25, 0.3) is 0 Å². The van der Waals surface area contributed by atoms with Gasteiger partial charge in [0.1, 0.15) is 19.1 Å². The lowest BCUT2D eigenvalue weighted by Gasteiger charge is -2.32. The lowest BCUT2D eigenvalue weighted by molar-refractivity contribution is -0.115. The first-order valence-corrected chi connectivity index (χ1v) is 13.1. The third-order valence-electron chi connectivity index (χ3n) is 7.43. The Morgan fingerprint density at radius 1 is 0.949 bits per heavy atom. The number of carbonyl (C=O) groups excluding carboxylic acids is 1. The number of fused-ring (bicyclic) bond motifs is 2. The van der Waals surface area contributed by atoms with Crippen LogP contribution in [0.2, 0.25) is 0 Å². The van der Waals surface area contributed by atoms with Crippen LogP contribution in [0.4, 0.5) is 11.4 Å². The number of hydrogen-bond donors (Lipinski definition) is 2. The fourth-order valence-corrected chi connectivity index (χ4v) is 5.24. The SMILES string of the molecule is CN1CCN(Cc2ccc(N=C(c3ccc4c(c3)OCCO4)C3C(=O)Nc4cc(C(=O)O)ccc43)cc2)CC1. The molecule has 3 aromatic rings. The number of nitrogens with zero attached hydrogens (tertiary/aromatic N) is 3. The Kier molecular flexibility index (Phi) is 6.76. The number of rotatable bonds is 6. The van der Waals surface area contributed by atoms with Gasteiger partial charge < -0.3 is 24.8 Å². The van der Waals surface area contributed by atoms with Crippen molar-refractivity contribution >= 4 is 29.0 Å². The average Bonchev–Trinajstić information content (AvgIpc) is 3.28. The van der Waals surface area contributed by atoms with Crippen LogP contribution in [-0.4, -0.2) is 78.9 Å². The molecule has 0 bridgehead atoms. The molecule has 1 unspecified atom stereocenters. The summed E-state index contributed by atoms with van der Waals surface area (Å²) in [5.41, 5.74) is 4.51. The summed E-state index contributed by atoms with van der Waals surface area (Å²) < 4.78 is 11.5. The second-order valence-electron chi connectivity index (χ2n) is 10.1. The van der Waals surface area contributed by atoms with Crippen molar-refractivity contribution in [3.63, 3.8) is 0 Å². The minimum atomic E-state index is -1.05. The molecule has 0 saturated carbocycles. The average molecular weight is 527 g/mol. The van der Waals surface area contributed by atoms with E-state index in [-0.39, 0.29) is 11.5 Å². The second-order valence-corrected chi connectivity index (χ2v) is 10.1. The van der Waals surface area contributed by atoms with Gasteiger partial charge in [0, 0.05) is 44.0 Å². The molecule has 6 rings (SSSR count). The second kappa shape index (κ2) is 10.5. The Balaban J connectivity index is 1.35. The summed E-state index contributed by atoms with van der Waals surface area (Å²) in [5, 5.41) is 12.3. The van der Waals surface area contributed by atoms with Crippen molar-refractivity contribution in [2.45, 2.75) is 12.5 Å². The van der Waals surface area contributed by atoms with Gasteiger partial charge in [-0.15, -0.1) is 0 Å². The predicted molar refractivity (Wildman–Crippen MR) is 148 cm³/mol. The summed E-state index contributed by atoms with van der Waals surface area (Å²) in [6.45, 7) is 6.05. The number of carbonyl (C=O) groups is 2. The highest BCUT2D eigenvalue weighted by molar-refractivity contribution is 6.24. The van der Waals surface area contributed by atoms with Crippen molar-refractivity contribution in [1.82, 2.24) is 9.80 Å². The maximum absolute atomic E-state index is 13.3. The summed E-state index contributed by atoms with van der Waals surface area (Å²) >= 11 is 0. The first-order chi connectivity index (χ1) is 18.9. The minimum Gasteiger partial charge on any atom is -0.486 e. The van der Waals surface area contributed by atoms with Crippen LogP contribution in [0.15, 0.2) is 65.7 Å². The molecule has 1 saturated heterocycles. The molecule has 1 amide bonds. The van der Waals surface area contributed by atoms with Gasteiger partial charge in [-0.3, -0.25) is 14.7 Å². The molecule has 1 fully saturated rings. The van der Waals surface area contributed by atoms with E-state index in [9.17, 15) is 14.7 Å². The first-order valence-electron chi connectivity index (χ1n) is 13.1. The number of aliphatic imine (C=N–C) groups is 1. The molecular weight excluding hydrogens is 496 g/mol. The van der Waals surface area contributed by atoms with E-state index >= 15 is 0 Å². The van der Waals surface area contributed by atoms with Gasteiger partial charge in [0.25, 0.3) is 0 Å². The van der Waals surface area contributed by atoms with Crippen LogP contribution in [-0.2, 0) is 11.3 Å². The van der Waals surface area contributed by atoms with Gasteiger partial charge in [-0.25, -0.2) is 4.79 Å².